The largest absolute Gasteiger partial charge is 0.340 e. The van der Waals surface area contributed by atoms with Gasteiger partial charge in [0.15, 0.2) is 0 Å². The lowest BCUT2D eigenvalue weighted by molar-refractivity contribution is 0.468. The molecule has 0 bridgehead atoms. The average molecular weight is 285 g/mol. The highest BCUT2D eigenvalue weighted by molar-refractivity contribution is 7.12. The van der Waals surface area contributed by atoms with Crippen molar-refractivity contribution in [2.45, 2.75) is 32.4 Å². The fourth-order valence-corrected chi connectivity index (χ4v) is 3.20. The van der Waals surface area contributed by atoms with Gasteiger partial charge in [-0.05, 0) is 47.5 Å². The predicted octanol–water partition coefficient (Wildman–Crippen LogP) is 3.61. The Labute approximate surface area is 123 Å². The summed E-state index contributed by atoms with van der Waals surface area (Å²) < 4.78 is 0. The van der Waals surface area contributed by atoms with Crippen LogP contribution in [0.1, 0.15) is 29.3 Å². The first kappa shape index (κ1) is 13.3. The van der Waals surface area contributed by atoms with Gasteiger partial charge in [-0.3, -0.25) is 5.41 Å². The Morgan fingerprint density at radius 2 is 2.30 bits per heavy atom. The standard InChI is InChI=1S/C16H19N3S/c1-2-13-8-11-5-6-14(9-12(11)10-18-13)19-16(17)15-4-3-7-20-15/h3-7,9,13,18H,2,8,10H2,1H3,(H2,17,19). The number of hydrogen-bond donors (Lipinski definition) is 3. The second-order valence-electron chi connectivity index (χ2n) is 5.15. The van der Waals surface area contributed by atoms with Crippen LogP contribution in [0.4, 0.5) is 5.69 Å². The van der Waals surface area contributed by atoms with Gasteiger partial charge in [-0.2, -0.15) is 0 Å². The van der Waals surface area contributed by atoms with Gasteiger partial charge in [0.2, 0.25) is 0 Å². The third kappa shape index (κ3) is 2.76. The van der Waals surface area contributed by atoms with Gasteiger partial charge in [-0.15, -0.1) is 11.3 Å². The number of thiophene rings is 1. The molecule has 1 aliphatic rings. The molecule has 3 N–H and O–H groups in total. The van der Waals surface area contributed by atoms with Crippen LogP contribution in [0, 0.1) is 5.41 Å². The van der Waals surface area contributed by atoms with Gasteiger partial charge >= 0.3 is 0 Å². The summed E-state index contributed by atoms with van der Waals surface area (Å²) in [5, 5.41) is 16.8. The quantitative estimate of drug-likeness (QED) is 0.596. The predicted molar refractivity (Wildman–Crippen MR) is 85.8 cm³/mol. The highest BCUT2D eigenvalue weighted by Gasteiger charge is 2.16. The molecule has 0 fully saturated rings. The van der Waals surface area contributed by atoms with E-state index in [0.717, 1.165) is 23.5 Å². The molecule has 1 aromatic heterocycles. The third-order valence-electron chi connectivity index (χ3n) is 3.78. The Hall–Kier alpha value is -1.65. The molecule has 1 aliphatic heterocycles. The van der Waals surface area contributed by atoms with E-state index in [2.05, 4.69) is 35.8 Å². The van der Waals surface area contributed by atoms with E-state index in [9.17, 15) is 0 Å². The Balaban J connectivity index is 1.75. The Morgan fingerprint density at radius 3 is 3.05 bits per heavy atom. The van der Waals surface area contributed by atoms with Crippen molar-refractivity contribution in [2.24, 2.45) is 0 Å². The van der Waals surface area contributed by atoms with Gasteiger partial charge < -0.3 is 10.6 Å². The summed E-state index contributed by atoms with van der Waals surface area (Å²) in [5.41, 5.74) is 3.78. The summed E-state index contributed by atoms with van der Waals surface area (Å²) in [5.74, 6) is 0.468. The van der Waals surface area contributed by atoms with Crippen molar-refractivity contribution in [3.63, 3.8) is 0 Å². The minimum atomic E-state index is 0.468. The molecule has 0 amide bonds. The molecule has 0 saturated carbocycles. The van der Waals surface area contributed by atoms with E-state index in [0.29, 0.717) is 11.9 Å². The molecule has 20 heavy (non-hydrogen) atoms. The molecule has 2 aromatic rings. The molecular weight excluding hydrogens is 266 g/mol. The summed E-state index contributed by atoms with van der Waals surface area (Å²) in [6, 6.07) is 11.0. The van der Waals surface area contributed by atoms with Gasteiger partial charge in [0, 0.05) is 18.3 Å². The Kier molecular flexibility index (Phi) is 3.85. The fourth-order valence-electron chi connectivity index (χ4n) is 2.57. The maximum Gasteiger partial charge on any atom is 0.140 e. The molecule has 0 aliphatic carbocycles. The lowest BCUT2D eigenvalue weighted by Gasteiger charge is -2.25. The zero-order valence-corrected chi connectivity index (χ0v) is 12.4. The van der Waals surface area contributed by atoms with E-state index in [1.54, 1.807) is 11.3 Å². The molecule has 3 rings (SSSR count). The molecular formula is C16H19N3S. The summed E-state index contributed by atoms with van der Waals surface area (Å²) in [4.78, 5) is 0.965. The number of hydrogen-bond acceptors (Lipinski definition) is 3. The molecule has 2 heterocycles. The van der Waals surface area contributed by atoms with Crippen molar-refractivity contribution in [1.82, 2.24) is 5.32 Å². The second kappa shape index (κ2) is 5.77. The minimum Gasteiger partial charge on any atom is -0.340 e. The highest BCUT2D eigenvalue weighted by Crippen LogP contribution is 2.22. The van der Waals surface area contributed by atoms with Gasteiger partial charge in [0.05, 0.1) is 4.88 Å². The van der Waals surface area contributed by atoms with Crippen LogP contribution < -0.4 is 10.6 Å². The second-order valence-corrected chi connectivity index (χ2v) is 6.10. The number of anilines is 1. The first-order valence-corrected chi connectivity index (χ1v) is 7.89. The van der Waals surface area contributed by atoms with E-state index in [1.807, 2.05) is 17.5 Å². The van der Waals surface area contributed by atoms with Gasteiger partial charge in [0.25, 0.3) is 0 Å². The molecule has 0 radical (unpaired) electrons. The third-order valence-corrected chi connectivity index (χ3v) is 4.67. The molecule has 104 valence electrons. The van der Waals surface area contributed by atoms with Crippen molar-refractivity contribution < 1.29 is 0 Å². The molecule has 0 spiro atoms. The monoisotopic (exact) mass is 285 g/mol. The van der Waals surface area contributed by atoms with Crippen LogP contribution in [0.3, 0.4) is 0 Å². The van der Waals surface area contributed by atoms with Crippen LogP contribution in [0.2, 0.25) is 0 Å². The summed E-state index contributed by atoms with van der Waals surface area (Å²) in [6.45, 7) is 3.15. The van der Waals surface area contributed by atoms with Crippen molar-refractivity contribution in [2.75, 3.05) is 5.32 Å². The van der Waals surface area contributed by atoms with Crippen LogP contribution in [0.25, 0.3) is 0 Å². The highest BCUT2D eigenvalue weighted by atomic mass is 32.1. The number of rotatable bonds is 3. The van der Waals surface area contributed by atoms with Crippen LogP contribution in [0.15, 0.2) is 35.7 Å². The zero-order chi connectivity index (χ0) is 13.9. The maximum atomic E-state index is 8.07. The molecule has 4 heteroatoms. The zero-order valence-electron chi connectivity index (χ0n) is 11.6. The first-order valence-electron chi connectivity index (χ1n) is 7.01. The van der Waals surface area contributed by atoms with E-state index in [1.165, 1.54) is 17.5 Å². The van der Waals surface area contributed by atoms with Crippen LogP contribution >= 0.6 is 11.3 Å². The Morgan fingerprint density at radius 1 is 1.40 bits per heavy atom. The minimum absolute atomic E-state index is 0.468. The normalized spacial score (nSPS) is 17.6. The van der Waals surface area contributed by atoms with Crippen molar-refractivity contribution >= 4 is 22.9 Å². The van der Waals surface area contributed by atoms with Crippen LogP contribution in [-0.4, -0.2) is 11.9 Å². The lowest BCUT2D eigenvalue weighted by Crippen LogP contribution is -2.34. The van der Waals surface area contributed by atoms with Crippen LogP contribution in [0.5, 0.6) is 0 Å². The van der Waals surface area contributed by atoms with E-state index in [-0.39, 0.29) is 0 Å². The van der Waals surface area contributed by atoms with Gasteiger partial charge in [-0.25, -0.2) is 0 Å². The number of benzene rings is 1. The summed E-state index contributed by atoms with van der Waals surface area (Å²) in [6.07, 6.45) is 2.27. The molecule has 1 atom stereocenters. The van der Waals surface area contributed by atoms with Crippen molar-refractivity contribution in [3.8, 4) is 0 Å². The van der Waals surface area contributed by atoms with E-state index < -0.39 is 0 Å². The first-order chi connectivity index (χ1) is 9.76. The number of amidine groups is 1. The average Bonchev–Trinajstić information content (AvgIpc) is 3.01. The molecule has 0 saturated heterocycles. The van der Waals surface area contributed by atoms with Crippen LogP contribution in [-0.2, 0) is 13.0 Å². The smallest absolute Gasteiger partial charge is 0.140 e. The molecule has 3 nitrogen and oxygen atoms in total. The topological polar surface area (TPSA) is 47.9 Å². The van der Waals surface area contributed by atoms with Gasteiger partial charge in [0.1, 0.15) is 5.84 Å². The molecule has 1 unspecified atom stereocenters. The summed E-state index contributed by atoms with van der Waals surface area (Å²) >= 11 is 1.58. The van der Waals surface area contributed by atoms with Gasteiger partial charge in [-0.1, -0.05) is 19.1 Å². The van der Waals surface area contributed by atoms with Crippen molar-refractivity contribution in [3.05, 3.63) is 51.7 Å². The fraction of sp³-hybridized carbons (Fsp3) is 0.312. The van der Waals surface area contributed by atoms with Crippen molar-refractivity contribution in [1.29, 1.82) is 5.41 Å². The SMILES string of the molecule is CCC1Cc2ccc(NC(=N)c3cccs3)cc2CN1. The Bertz CT molecular complexity index is 604. The number of fused-ring (bicyclic) bond motifs is 1. The van der Waals surface area contributed by atoms with E-state index in [4.69, 9.17) is 5.41 Å². The molecule has 1 aromatic carbocycles. The maximum absolute atomic E-state index is 8.07. The number of nitrogens with one attached hydrogen (secondary N) is 3. The van der Waals surface area contributed by atoms with E-state index >= 15 is 0 Å². The lowest BCUT2D eigenvalue weighted by atomic mass is 9.94. The summed E-state index contributed by atoms with van der Waals surface area (Å²) in [7, 11) is 0.